The number of aromatic hydroxyl groups is 2. The van der Waals surface area contributed by atoms with Crippen molar-refractivity contribution in [3.8, 4) is 11.5 Å². The van der Waals surface area contributed by atoms with Crippen LogP contribution in [-0.4, -0.2) is 71.1 Å². The fourth-order valence-corrected chi connectivity index (χ4v) is 6.97. The highest BCUT2D eigenvalue weighted by molar-refractivity contribution is 5.90. The standard InChI is InChI=1S/C48H64N6O6/c49-41(31-37-21-25-39(55)26-22-37)45(57)53-43(33-35-17-11-9-12-18-35)47(59)51-29-15-7-5-3-1-2-4-6-8-16-30-52-48(60)44(34-36-19-13-10-14-20-36)54-46(58)42(50)32-38-23-27-40(56)28-24-38/h9-14,17-28,41-44,55-56H,1-8,15-16,29-34,49-50H2,(H,51,59)(H,52,60)(H,53,57)(H,54,58)/t41-,42-,43-,44-/m0/s1. The minimum atomic E-state index is -0.838. The van der Waals surface area contributed by atoms with E-state index < -0.39 is 36.0 Å². The summed E-state index contributed by atoms with van der Waals surface area (Å²) < 4.78 is 0. The average Bonchev–Trinajstić information content (AvgIpc) is 3.25. The molecule has 4 aromatic rings. The molecule has 0 aliphatic heterocycles. The molecule has 322 valence electrons. The van der Waals surface area contributed by atoms with E-state index in [1.807, 2.05) is 60.7 Å². The summed E-state index contributed by atoms with van der Waals surface area (Å²) in [6, 6.07) is 29.1. The van der Waals surface area contributed by atoms with Crippen molar-refractivity contribution in [2.75, 3.05) is 13.1 Å². The van der Waals surface area contributed by atoms with Crippen LogP contribution in [0.1, 0.15) is 86.5 Å². The summed E-state index contributed by atoms with van der Waals surface area (Å²) in [6.07, 6.45) is 11.7. The molecule has 0 fully saturated rings. The van der Waals surface area contributed by atoms with E-state index in [9.17, 15) is 29.4 Å². The molecule has 12 nitrogen and oxygen atoms in total. The Morgan fingerprint density at radius 2 is 0.700 bits per heavy atom. The Morgan fingerprint density at radius 1 is 0.400 bits per heavy atom. The van der Waals surface area contributed by atoms with Gasteiger partial charge in [-0.15, -0.1) is 0 Å². The van der Waals surface area contributed by atoms with Crippen molar-refractivity contribution in [2.45, 2.75) is 114 Å². The summed E-state index contributed by atoms with van der Waals surface area (Å²) in [5.74, 6) is -0.981. The van der Waals surface area contributed by atoms with Gasteiger partial charge >= 0.3 is 0 Å². The molecule has 0 aromatic heterocycles. The number of carbonyl (C=O) groups excluding carboxylic acids is 4. The summed E-state index contributed by atoms with van der Waals surface area (Å²) in [5, 5.41) is 30.8. The lowest BCUT2D eigenvalue weighted by Gasteiger charge is -2.21. The highest BCUT2D eigenvalue weighted by Crippen LogP contribution is 2.14. The predicted molar refractivity (Wildman–Crippen MR) is 236 cm³/mol. The molecule has 0 bridgehead atoms. The molecule has 4 atom stereocenters. The van der Waals surface area contributed by atoms with Crippen molar-refractivity contribution in [1.82, 2.24) is 21.3 Å². The second-order valence-electron chi connectivity index (χ2n) is 15.6. The van der Waals surface area contributed by atoms with Crippen molar-refractivity contribution in [1.29, 1.82) is 0 Å². The maximum atomic E-state index is 13.2. The van der Waals surface area contributed by atoms with E-state index in [2.05, 4.69) is 21.3 Å². The van der Waals surface area contributed by atoms with Crippen LogP contribution in [0.5, 0.6) is 11.5 Å². The summed E-state index contributed by atoms with van der Waals surface area (Å²) in [4.78, 5) is 52.4. The van der Waals surface area contributed by atoms with E-state index in [0.717, 1.165) is 86.5 Å². The molecule has 0 saturated carbocycles. The molecule has 10 N–H and O–H groups in total. The lowest BCUT2D eigenvalue weighted by atomic mass is 10.0. The summed E-state index contributed by atoms with van der Waals surface area (Å²) in [6.45, 7) is 1.06. The van der Waals surface area contributed by atoms with Gasteiger partial charge in [-0.05, 0) is 72.2 Å². The zero-order valence-corrected chi connectivity index (χ0v) is 34.7. The molecule has 60 heavy (non-hydrogen) atoms. The van der Waals surface area contributed by atoms with Crippen LogP contribution in [0, 0.1) is 0 Å². The van der Waals surface area contributed by atoms with Crippen LogP contribution in [0.15, 0.2) is 109 Å². The Morgan fingerprint density at radius 3 is 1.03 bits per heavy atom. The number of nitrogens with one attached hydrogen (secondary N) is 4. The van der Waals surface area contributed by atoms with Gasteiger partial charge in [0, 0.05) is 25.9 Å². The van der Waals surface area contributed by atoms with Crippen LogP contribution >= 0.6 is 0 Å². The number of benzene rings is 4. The third-order valence-corrected chi connectivity index (χ3v) is 10.5. The molecular weight excluding hydrogens is 757 g/mol. The van der Waals surface area contributed by atoms with Gasteiger partial charge in [0.05, 0.1) is 12.1 Å². The highest BCUT2D eigenvalue weighted by atomic mass is 16.3. The SMILES string of the molecule is N[C@@H](Cc1ccc(O)cc1)C(=O)N[C@@H](Cc1ccccc1)C(=O)NCCCCCCCCCCCCNC(=O)[C@H](Cc1ccccc1)NC(=O)[C@@H](N)Cc1ccc(O)cc1. The zero-order valence-electron chi connectivity index (χ0n) is 34.7. The van der Waals surface area contributed by atoms with Crippen LogP contribution in [0.4, 0.5) is 0 Å². The fourth-order valence-electron chi connectivity index (χ4n) is 6.97. The van der Waals surface area contributed by atoms with Crippen molar-refractivity contribution < 1.29 is 29.4 Å². The Kier molecular flexibility index (Phi) is 20.7. The first-order valence-corrected chi connectivity index (χ1v) is 21.4. The fraction of sp³-hybridized carbons (Fsp3) is 0.417. The Labute approximate surface area is 354 Å². The number of rotatable bonds is 27. The summed E-state index contributed by atoms with van der Waals surface area (Å²) >= 11 is 0. The van der Waals surface area contributed by atoms with Gasteiger partial charge in [0.2, 0.25) is 23.6 Å². The lowest BCUT2D eigenvalue weighted by molar-refractivity contribution is -0.129. The van der Waals surface area contributed by atoms with Gasteiger partial charge in [-0.3, -0.25) is 19.2 Å². The number of phenols is 2. The number of unbranched alkanes of at least 4 members (excludes halogenated alkanes) is 9. The van der Waals surface area contributed by atoms with E-state index >= 15 is 0 Å². The van der Waals surface area contributed by atoms with Crippen LogP contribution < -0.4 is 32.7 Å². The monoisotopic (exact) mass is 820 g/mol. The maximum Gasteiger partial charge on any atom is 0.242 e. The highest BCUT2D eigenvalue weighted by Gasteiger charge is 2.25. The van der Waals surface area contributed by atoms with Gasteiger partial charge < -0.3 is 42.9 Å². The number of carbonyl (C=O) groups is 4. The molecule has 0 aliphatic carbocycles. The molecule has 4 rings (SSSR count). The Bertz CT molecular complexity index is 1720. The topological polar surface area (TPSA) is 209 Å². The molecule has 0 radical (unpaired) electrons. The second kappa shape index (κ2) is 26.4. The number of phenolic OH excluding ortho intramolecular Hbond substituents is 2. The third kappa shape index (κ3) is 18.0. The molecule has 0 heterocycles. The third-order valence-electron chi connectivity index (χ3n) is 10.5. The van der Waals surface area contributed by atoms with E-state index in [0.29, 0.717) is 25.9 Å². The smallest absolute Gasteiger partial charge is 0.242 e. The van der Waals surface area contributed by atoms with Gasteiger partial charge in [-0.25, -0.2) is 0 Å². The molecule has 4 aromatic carbocycles. The predicted octanol–water partition coefficient (Wildman–Crippen LogP) is 5.13. The number of hydrogen-bond acceptors (Lipinski definition) is 8. The minimum absolute atomic E-state index is 0.142. The van der Waals surface area contributed by atoms with E-state index in [4.69, 9.17) is 11.5 Å². The number of hydrogen-bond donors (Lipinski definition) is 8. The van der Waals surface area contributed by atoms with Gasteiger partial charge in [0.25, 0.3) is 0 Å². The molecular formula is C48H64N6O6. The largest absolute Gasteiger partial charge is 0.508 e. The van der Waals surface area contributed by atoms with Crippen molar-refractivity contribution >= 4 is 23.6 Å². The van der Waals surface area contributed by atoms with Gasteiger partial charge in [0.1, 0.15) is 23.6 Å². The second-order valence-corrected chi connectivity index (χ2v) is 15.6. The molecule has 0 aliphatic rings. The van der Waals surface area contributed by atoms with Gasteiger partial charge in [-0.1, -0.05) is 136 Å². The first-order valence-electron chi connectivity index (χ1n) is 21.4. The molecule has 0 unspecified atom stereocenters. The molecule has 12 heteroatoms. The van der Waals surface area contributed by atoms with Crippen LogP contribution in [-0.2, 0) is 44.9 Å². The van der Waals surface area contributed by atoms with Crippen LogP contribution in [0.3, 0.4) is 0 Å². The summed E-state index contributed by atoms with van der Waals surface area (Å²) in [7, 11) is 0. The quantitative estimate of drug-likeness (QED) is 0.0378. The number of amides is 4. The van der Waals surface area contributed by atoms with E-state index in [1.54, 1.807) is 48.5 Å². The molecule has 0 spiro atoms. The first kappa shape index (κ1) is 47.0. The van der Waals surface area contributed by atoms with Crippen molar-refractivity contribution in [3.63, 3.8) is 0 Å². The first-order chi connectivity index (χ1) is 29.1. The maximum absolute atomic E-state index is 13.2. The molecule has 4 amide bonds. The Balaban J connectivity index is 1.06. The van der Waals surface area contributed by atoms with E-state index in [1.165, 1.54) is 0 Å². The minimum Gasteiger partial charge on any atom is -0.508 e. The van der Waals surface area contributed by atoms with Crippen molar-refractivity contribution in [2.24, 2.45) is 11.5 Å². The van der Waals surface area contributed by atoms with E-state index in [-0.39, 0.29) is 36.2 Å². The van der Waals surface area contributed by atoms with Gasteiger partial charge in [-0.2, -0.15) is 0 Å². The van der Waals surface area contributed by atoms with Crippen LogP contribution in [0.2, 0.25) is 0 Å². The van der Waals surface area contributed by atoms with Gasteiger partial charge in [0.15, 0.2) is 0 Å². The summed E-state index contributed by atoms with van der Waals surface area (Å²) in [5.41, 5.74) is 15.9. The lowest BCUT2D eigenvalue weighted by Crippen LogP contribution is -2.53. The number of nitrogens with two attached hydrogens (primary N) is 2. The average molecular weight is 821 g/mol. The van der Waals surface area contributed by atoms with Crippen LogP contribution in [0.25, 0.3) is 0 Å². The Hall–Kier alpha value is -5.72. The van der Waals surface area contributed by atoms with Crippen molar-refractivity contribution in [3.05, 3.63) is 131 Å². The zero-order chi connectivity index (χ0) is 43.0. The molecule has 0 saturated heterocycles. The normalized spacial score (nSPS) is 13.0.